The Morgan fingerprint density at radius 2 is 1.84 bits per heavy atom. The van der Waals surface area contributed by atoms with Crippen LogP contribution in [0.1, 0.15) is 44.4 Å². The molecular formula is C25H34N2O3S. The summed E-state index contributed by atoms with van der Waals surface area (Å²) in [6.07, 6.45) is 0. The average Bonchev–Trinajstić information content (AvgIpc) is 2.71. The number of rotatable bonds is 9. The Bertz CT molecular complexity index is 892. The number of carbonyl (C=O) groups is 2. The molecule has 0 unspecified atom stereocenters. The number of hydrogen-bond acceptors (Lipinski definition) is 4. The maximum Gasteiger partial charge on any atom is 0.242 e. The van der Waals surface area contributed by atoms with E-state index in [1.807, 2.05) is 57.2 Å². The zero-order valence-electron chi connectivity index (χ0n) is 19.4. The van der Waals surface area contributed by atoms with Gasteiger partial charge >= 0.3 is 0 Å². The number of methoxy groups -OCH3 is 1. The minimum atomic E-state index is -0.586. The van der Waals surface area contributed by atoms with Gasteiger partial charge in [-0.3, -0.25) is 9.59 Å². The van der Waals surface area contributed by atoms with Crippen LogP contribution in [0.2, 0.25) is 0 Å². The number of ether oxygens (including phenoxy) is 1. The third kappa shape index (κ3) is 7.94. The van der Waals surface area contributed by atoms with Crippen LogP contribution in [0.4, 0.5) is 0 Å². The van der Waals surface area contributed by atoms with Crippen LogP contribution in [0.15, 0.2) is 48.5 Å². The maximum absolute atomic E-state index is 13.2. The molecule has 31 heavy (non-hydrogen) atoms. The van der Waals surface area contributed by atoms with Crippen molar-refractivity contribution in [1.82, 2.24) is 10.2 Å². The molecule has 168 valence electrons. The molecule has 2 amide bonds. The molecule has 0 fully saturated rings. The number of aryl methyl sites for hydroxylation is 1. The van der Waals surface area contributed by atoms with Gasteiger partial charge in [0.15, 0.2) is 0 Å². The van der Waals surface area contributed by atoms with E-state index in [9.17, 15) is 9.59 Å². The SMILES string of the molecule is COc1cccc(CN(C(=O)CSCc2ccccc2C)[C@@H](C)C(=O)NC(C)(C)C)c1. The summed E-state index contributed by atoms with van der Waals surface area (Å²) in [6, 6.07) is 15.2. The first kappa shape index (κ1) is 24.8. The molecule has 0 aromatic heterocycles. The molecule has 2 aromatic carbocycles. The van der Waals surface area contributed by atoms with E-state index in [0.717, 1.165) is 17.1 Å². The second-order valence-electron chi connectivity index (χ2n) is 8.71. The fourth-order valence-electron chi connectivity index (χ4n) is 3.13. The molecule has 1 atom stereocenters. The largest absolute Gasteiger partial charge is 0.497 e. The standard InChI is InChI=1S/C25H34N2O3S/c1-18-10-7-8-12-21(18)16-31-17-23(28)27(19(2)24(29)26-25(3,4)5)15-20-11-9-13-22(14-20)30-6/h7-14,19H,15-17H2,1-6H3,(H,26,29)/t19-/m0/s1. The molecule has 0 radical (unpaired) electrons. The average molecular weight is 443 g/mol. The molecule has 0 bridgehead atoms. The van der Waals surface area contributed by atoms with Crippen molar-refractivity contribution in [2.45, 2.75) is 58.5 Å². The molecular weight excluding hydrogens is 408 g/mol. The number of nitrogens with one attached hydrogen (secondary N) is 1. The van der Waals surface area contributed by atoms with Crippen molar-refractivity contribution in [3.05, 3.63) is 65.2 Å². The molecule has 2 rings (SSSR count). The van der Waals surface area contributed by atoms with Gasteiger partial charge in [-0.2, -0.15) is 0 Å². The van der Waals surface area contributed by atoms with Gasteiger partial charge in [-0.25, -0.2) is 0 Å². The Morgan fingerprint density at radius 1 is 1.13 bits per heavy atom. The lowest BCUT2D eigenvalue weighted by atomic mass is 10.1. The van der Waals surface area contributed by atoms with E-state index in [2.05, 4.69) is 24.4 Å². The quantitative estimate of drug-likeness (QED) is 0.618. The highest BCUT2D eigenvalue weighted by Gasteiger charge is 2.28. The Balaban J connectivity index is 2.13. The van der Waals surface area contributed by atoms with Crippen molar-refractivity contribution < 1.29 is 14.3 Å². The highest BCUT2D eigenvalue weighted by Crippen LogP contribution is 2.20. The van der Waals surface area contributed by atoms with Crippen LogP contribution in [0.25, 0.3) is 0 Å². The van der Waals surface area contributed by atoms with Crippen LogP contribution in [0, 0.1) is 6.92 Å². The molecule has 2 aromatic rings. The molecule has 6 heteroatoms. The highest BCUT2D eigenvalue weighted by molar-refractivity contribution is 7.99. The summed E-state index contributed by atoms with van der Waals surface area (Å²) in [5.41, 5.74) is 2.99. The zero-order valence-corrected chi connectivity index (χ0v) is 20.2. The number of amides is 2. The van der Waals surface area contributed by atoms with Crippen molar-refractivity contribution in [2.75, 3.05) is 12.9 Å². The smallest absolute Gasteiger partial charge is 0.242 e. The number of hydrogen-bond donors (Lipinski definition) is 1. The summed E-state index contributed by atoms with van der Waals surface area (Å²) in [5.74, 6) is 1.58. The van der Waals surface area contributed by atoms with E-state index in [1.165, 1.54) is 11.1 Å². The number of benzene rings is 2. The number of carbonyl (C=O) groups excluding carboxylic acids is 2. The number of nitrogens with zero attached hydrogens (tertiary/aromatic N) is 1. The van der Waals surface area contributed by atoms with Gasteiger partial charge in [-0.05, 0) is 63.4 Å². The first-order valence-electron chi connectivity index (χ1n) is 10.5. The van der Waals surface area contributed by atoms with Gasteiger partial charge in [-0.1, -0.05) is 36.4 Å². The molecule has 5 nitrogen and oxygen atoms in total. The molecule has 0 aliphatic carbocycles. The third-order valence-electron chi connectivity index (χ3n) is 4.90. The van der Waals surface area contributed by atoms with E-state index in [4.69, 9.17) is 4.74 Å². The normalized spacial score (nSPS) is 12.2. The Hall–Kier alpha value is -2.47. The van der Waals surface area contributed by atoms with Crippen LogP contribution in [-0.4, -0.2) is 41.2 Å². The van der Waals surface area contributed by atoms with Gasteiger partial charge in [0.25, 0.3) is 0 Å². The van der Waals surface area contributed by atoms with E-state index in [-0.39, 0.29) is 17.4 Å². The predicted molar refractivity (Wildman–Crippen MR) is 128 cm³/mol. The first-order valence-corrected chi connectivity index (χ1v) is 11.6. The van der Waals surface area contributed by atoms with Crippen LogP contribution < -0.4 is 10.1 Å². The zero-order chi connectivity index (χ0) is 23.0. The van der Waals surface area contributed by atoms with E-state index < -0.39 is 6.04 Å². The highest BCUT2D eigenvalue weighted by atomic mass is 32.2. The Morgan fingerprint density at radius 3 is 2.48 bits per heavy atom. The second-order valence-corrected chi connectivity index (χ2v) is 9.69. The monoisotopic (exact) mass is 442 g/mol. The van der Waals surface area contributed by atoms with Crippen molar-refractivity contribution in [3.63, 3.8) is 0 Å². The molecule has 0 saturated carbocycles. The van der Waals surface area contributed by atoms with E-state index >= 15 is 0 Å². The first-order chi connectivity index (χ1) is 14.6. The van der Waals surface area contributed by atoms with Gasteiger partial charge in [0.1, 0.15) is 11.8 Å². The minimum Gasteiger partial charge on any atom is -0.497 e. The fourth-order valence-corrected chi connectivity index (χ4v) is 4.11. The summed E-state index contributed by atoms with van der Waals surface area (Å²) in [5, 5.41) is 2.99. The van der Waals surface area contributed by atoms with Crippen molar-refractivity contribution in [3.8, 4) is 5.75 Å². The van der Waals surface area contributed by atoms with Crippen molar-refractivity contribution >= 4 is 23.6 Å². The van der Waals surface area contributed by atoms with Gasteiger partial charge in [0.05, 0.1) is 12.9 Å². The Kier molecular flexibility index (Phi) is 8.99. The van der Waals surface area contributed by atoms with Crippen LogP contribution >= 0.6 is 11.8 Å². The van der Waals surface area contributed by atoms with Gasteiger partial charge < -0.3 is 15.0 Å². The van der Waals surface area contributed by atoms with Crippen molar-refractivity contribution in [2.24, 2.45) is 0 Å². The lowest BCUT2D eigenvalue weighted by Gasteiger charge is -2.31. The van der Waals surface area contributed by atoms with Crippen molar-refractivity contribution in [1.29, 1.82) is 0 Å². The lowest BCUT2D eigenvalue weighted by molar-refractivity contribution is -0.139. The van der Waals surface area contributed by atoms with Gasteiger partial charge in [-0.15, -0.1) is 11.8 Å². The summed E-state index contributed by atoms with van der Waals surface area (Å²) in [7, 11) is 1.61. The predicted octanol–water partition coefficient (Wildman–Crippen LogP) is 4.57. The molecule has 1 N–H and O–H groups in total. The van der Waals surface area contributed by atoms with Crippen LogP contribution in [-0.2, 0) is 21.9 Å². The lowest BCUT2D eigenvalue weighted by Crippen LogP contribution is -2.52. The Labute approximate surface area is 190 Å². The van der Waals surface area contributed by atoms with Gasteiger partial charge in [0.2, 0.25) is 11.8 Å². The van der Waals surface area contributed by atoms with Crippen LogP contribution in [0.5, 0.6) is 5.75 Å². The second kappa shape index (κ2) is 11.2. The molecule has 0 aliphatic rings. The molecule has 0 spiro atoms. The summed E-state index contributed by atoms with van der Waals surface area (Å²) >= 11 is 1.57. The van der Waals surface area contributed by atoms with Gasteiger partial charge in [0, 0.05) is 17.8 Å². The minimum absolute atomic E-state index is 0.0574. The maximum atomic E-state index is 13.2. The summed E-state index contributed by atoms with van der Waals surface area (Å²) in [4.78, 5) is 27.7. The molecule has 0 aliphatic heterocycles. The summed E-state index contributed by atoms with van der Waals surface area (Å²) in [6.45, 7) is 10.0. The number of thioether (sulfide) groups is 1. The van der Waals surface area contributed by atoms with E-state index in [1.54, 1.807) is 30.7 Å². The summed E-state index contributed by atoms with van der Waals surface area (Å²) < 4.78 is 5.31. The van der Waals surface area contributed by atoms with Crippen LogP contribution in [0.3, 0.4) is 0 Å². The third-order valence-corrected chi connectivity index (χ3v) is 5.86. The molecule has 0 saturated heterocycles. The topological polar surface area (TPSA) is 58.6 Å². The fraction of sp³-hybridized carbons (Fsp3) is 0.440. The molecule has 0 heterocycles. The van der Waals surface area contributed by atoms with E-state index in [0.29, 0.717) is 12.3 Å².